The zero-order valence-corrected chi connectivity index (χ0v) is 15.5. The summed E-state index contributed by atoms with van der Waals surface area (Å²) in [7, 11) is 0. The van der Waals surface area contributed by atoms with Gasteiger partial charge in [-0.2, -0.15) is 18.4 Å². The van der Waals surface area contributed by atoms with Crippen LogP contribution in [-0.4, -0.2) is 9.97 Å². The van der Waals surface area contributed by atoms with E-state index in [2.05, 4.69) is 9.97 Å². The van der Waals surface area contributed by atoms with Crippen LogP contribution in [0.25, 0.3) is 22.7 Å². The van der Waals surface area contributed by atoms with Crippen molar-refractivity contribution in [2.45, 2.75) is 16.4 Å². The fourth-order valence-electron chi connectivity index (χ4n) is 2.73. The molecule has 4 nitrogen and oxygen atoms in total. The van der Waals surface area contributed by atoms with Crippen LogP contribution in [0.3, 0.4) is 0 Å². The number of aromatic amines is 1. The number of furan rings is 1. The average molecular weight is 411 g/mol. The number of imidazole rings is 1. The van der Waals surface area contributed by atoms with Crippen molar-refractivity contribution in [1.82, 2.24) is 9.97 Å². The minimum atomic E-state index is -4.47. The zero-order valence-electron chi connectivity index (χ0n) is 14.7. The number of halogens is 3. The number of aromatic nitrogens is 2. The van der Waals surface area contributed by atoms with Crippen molar-refractivity contribution < 1.29 is 17.6 Å². The lowest BCUT2D eigenvalue weighted by Gasteiger charge is -2.07. The van der Waals surface area contributed by atoms with Crippen molar-refractivity contribution in [3.63, 3.8) is 0 Å². The molecule has 2 aromatic heterocycles. The van der Waals surface area contributed by atoms with E-state index in [1.165, 1.54) is 30.0 Å². The van der Waals surface area contributed by atoms with Crippen molar-refractivity contribution in [3.05, 3.63) is 77.6 Å². The Balaban J connectivity index is 1.58. The number of rotatable bonds is 4. The molecule has 0 spiro atoms. The lowest BCUT2D eigenvalue weighted by Crippen LogP contribution is -2.04. The third kappa shape index (κ3) is 4.20. The first-order chi connectivity index (χ1) is 13.9. The maximum absolute atomic E-state index is 12.9. The predicted molar refractivity (Wildman–Crippen MR) is 104 cm³/mol. The van der Waals surface area contributed by atoms with Crippen LogP contribution in [0.15, 0.2) is 75.3 Å². The van der Waals surface area contributed by atoms with Crippen molar-refractivity contribution in [3.8, 4) is 6.07 Å². The number of benzene rings is 2. The van der Waals surface area contributed by atoms with Crippen LogP contribution in [0, 0.1) is 11.3 Å². The Morgan fingerprint density at radius 1 is 1.10 bits per heavy atom. The monoisotopic (exact) mass is 411 g/mol. The molecule has 8 heteroatoms. The van der Waals surface area contributed by atoms with E-state index in [4.69, 9.17) is 4.42 Å². The molecule has 0 aliphatic carbocycles. The van der Waals surface area contributed by atoms with Gasteiger partial charge in [-0.25, -0.2) is 4.98 Å². The molecule has 1 N–H and O–H groups in total. The van der Waals surface area contributed by atoms with Crippen molar-refractivity contribution in [2.24, 2.45) is 0 Å². The van der Waals surface area contributed by atoms with Crippen molar-refractivity contribution in [2.75, 3.05) is 0 Å². The van der Waals surface area contributed by atoms with Crippen molar-refractivity contribution in [1.29, 1.82) is 5.26 Å². The van der Waals surface area contributed by atoms with Crippen LogP contribution in [0.4, 0.5) is 13.2 Å². The number of hydrogen-bond acceptors (Lipinski definition) is 4. The number of para-hydroxylation sites is 2. The minimum Gasteiger partial charge on any atom is -0.450 e. The molecule has 0 saturated carbocycles. The molecular weight excluding hydrogens is 399 g/mol. The van der Waals surface area contributed by atoms with E-state index in [0.29, 0.717) is 16.0 Å². The molecule has 0 aliphatic rings. The third-order valence-electron chi connectivity index (χ3n) is 4.07. The summed E-state index contributed by atoms with van der Waals surface area (Å²) < 4.78 is 44.4. The van der Waals surface area contributed by atoms with Gasteiger partial charge in [-0.3, -0.25) is 0 Å². The summed E-state index contributed by atoms with van der Waals surface area (Å²) >= 11 is 1.28. The van der Waals surface area contributed by atoms with Gasteiger partial charge in [0, 0.05) is 0 Å². The first-order valence-electron chi connectivity index (χ1n) is 8.44. The Kier molecular flexibility index (Phi) is 4.91. The van der Waals surface area contributed by atoms with Crippen LogP contribution >= 0.6 is 11.8 Å². The van der Waals surface area contributed by atoms with Gasteiger partial charge in [0.1, 0.15) is 5.76 Å². The fraction of sp³-hybridized carbons (Fsp3) is 0.0476. The van der Waals surface area contributed by atoms with E-state index >= 15 is 0 Å². The number of nitrogens with zero attached hydrogens (tertiary/aromatic N) is 2. The molecule has 0 unspecified atom stereocenters. The first-order valence-corrected chi connectivity index (χ1v) is 9.26. The fourth-order valence-corrected chi connectivity index (χ4v) is 3.49. The molecule has 0 fully saturated rings. The van der Waals surface area contributed by atoms with E-state index < -0.39 is 11.7 Å². The van der Waals surface area contributed by atoms with Gasteiger partial charge in [-0.15, -0.1) is 0 Å². The van der Waals surface area contributed by atoms with Gasteiger partial charge < -0.3 is 9.40 Å². The Hall–Kier alpha value is -3.44. The third-order valence-corrected chi connectivity index (χ3v) is 4.88. The second-order valence-electron chi connectivity index (χ2n) is 6.07. The number of allylic oxidation sites excluding steroid dienone is 1. The SMILES string of the molecule is N#C/C(=C/c1ccc(Sc2nc3ccccc3[nH]2)o1)c1cccc(C(F)(F)F)c1. The van der Waals surface area contributed by atoms with Crippen LogP contribution < -0.4 is 0 Å². The quantitative estimate of drug-likeness (QED) is 0.395. The number of H-pyrrole nitrogens is 1. The zero-order chi connectivity index (χ0) is 20.4. The number of nitriles is 1. The minimum absolute atomic E-state index is 0.0748. The molecule has 0 saturated heterocycles. The number of alkyl halides is 3. The standard InChI is InChI=1S/C21H12F3N3OS/c22-21(23,24)15-5-3-4-13(10-15)14(12-25)11-16-8-9-19(28-16)29-20-26-17-6-1-2-7-18(17)27-20/h1-11H,(H,26,27)/b14-11-. The molecule has 29 heavy (non-hydrogen) atoms. The summed E-state index contributed by atoms with van der Waals surface area (Å²) in [6.07, 6.45) is -3.06. The molecule has 4 aromatic rings. The highest BCUT2D eigenvalue weighted by atomic mass is 32.2. The van der Waals surface area contributed by atoms with Gasteiger partial charge in [-0.05, 0) is 59.8 Å². The van der Waals surface area contributed by atoms with Crippen LogP contribution in [0.2, 0.25) is 0 Å². The van der Waals surface area contributed by atoms with E-state index in [1.807, 2.05) is 30.3 Å². The van der Waals surface area contributed by atoms with E-state index in [1.54, 1.807) is 12.1 Å². The van der Waals surface area contributed by atoms with Gasteiger partial charge in [0.05, 0.1) is 28.2 Å². The lowest BCUT2D eigenvalue weighted by molar-refractivity contribution is -0.137. The topological polar surface area (TPSA) is 65.6 Å². The summed E-state index contributed by atoms with van der Waals surface area (Å²) in [6.45, 7) is 0. The molecular formula is C21H12F3N3OS. The van der Waals surface area contributed by atoms with E-state index in [0.717, 1.165) is 23.2 Å². The second-order valence-corrected chi connectivity index (χ2v) is 7.06. The van der Waals surface area contributed by atoms with Gasteiger partial charge in [0.15, 0.2) is 10.2 Å². The molecule has 0 bridgehead atoms. The summed E-state index contributed by atoms with van der Waals surface area (Å²) in [5.74, 6) is 0.359. The molecule has 144 valence electrons. The second kappa shape index (κ2) is 7.53. The summed E-state index contributed by atoms with van der Waals surface area (Å²) in [5, 5.41) is 10.6. The normalized spacial score (nSPS) is 12.3. The Labute approximate surface area is 167 Å². The van der Waals surface area contributed by atoms with E-state index in [-0.39, 0.29) is 11.1 Å². The summed E-state index contributed by atoms with van der Waals surface area (Å²) in [5.41, 5.74) is 1.17. The summed E-state index contributed by atoms with van der Waals surface area (Å²) in [6, 6.07) is 17.5. The van der Waals surface area contributed by atoms with Crippen LogP contribution in [0.1, 0.15) is 16.9 Å². The number of fused-ring (bicyclic) bond motifs is 1. The van der Waals surface area contributed by atoms with Crippen molar-refractivity contribution >= 4 is 34.4 Å². The van der Waals surface area contributed by atoms with Crippen LogP contribution in [-0.2, 0) is 6.18 Å². The average Bonchev–Trinajstić information content (AvgIpc) is 3.31. The van der Waals surface area contributed by atoms with Gasteiger partial charge >= 0.3 is 6.18 Å². The van der Waals surface area contributed by atoms with E-state index in [9.17, 15) is 18.4 Å². The van der Waals surface area contributed by atoms with Crippen LogP contribution in [0.5, 0.6) is 0 Å². The predicted octanol–water partition coefficient (Wildman–Crippen LogP) is 6.39. The molecule has 0 atom stereocenters. The molecule has 0 amide bonds. The molecule has 2 aromatic carbocycles. The maximum Gasteiger partial charge on any atom is 0.416 e. The largest absolute Gasteiger partial charge is 0.450 e. The lowest BCUT2D eigenvalue weighted by atomic mass is 10.0. The Morgan fingerprint density at radius 3 is 2.69 bits per heavy atom. The molecule has 4 rings (SSSR count). The molecule has 0 radical (unpaired) electrons. The smallest absolute Gasteiger partial charge is 0.416 e. The van der Waals surface area contributed by atoms with Gasteiger partial charge in [0.2, 0.25) is 0 Å². The van der Waals surface area contributed by atoms with Gasteiger partial charge in [-0.1, -0.05) is 24.3 Å². The Morgan fingerprint density at radius 2 is 1.93 bits per heavy atom. The first kappa shape index (κ1) is 18.9. The highest BCUT2D eigenvalue weighted by Gasteiger charge is 2.30. The maximum atomic E-state index is 12.9. The molecule has 2 heterocycles. The number of hydrogen-bond donors (Lipinski definition) is 1. The highest BCUT2D eigenvalue weighted by Crippen LogP contribution is 2.32. The Bertz CT molecular complexity index is 1210. The molecule has 0 aliphatic heterocycles. The summed E-state index contributed by atoms with van der Waals surface area (Å²) in [4.78, 5) is 7.62. The number of nitrogens with one attached hydrogen (secondary N) is 1. The highest BCUT2D eigenvalue weighted by molar-refractivity contribution is 7.99. The van der Waals surface area contributed by atoms with Gasteiger partial charge in [0.25, 0.3) is 0 Å².